The van der Waals surface area contributed by atoms with Crippen molar-refractivity contribution in [2.75, 3.05) is 20.6 Å². The molecule has 0 saturated carbocycles. The number of amides is 2. The van der Waals surface area contributed by atoms with E-state index in [4.69, 9.17) is 0 Å². The summed E-state index contributed by atoms with van der Waals surface area (Å²) in [4.78, 5) is 23.1. The van der Waals surface area contributed by atoms with E-state index in [9.17, 15) is 9.59 Å². The molecule has 1 heterocycles. The molecule has 0 spiro atoms. The summed E-state index contributed by atoms with van der Waals surface area (Å²) in [7, 11) is 3.25. The van der Waals surface area contributed by atoms with E-state index in [1.165, 1.54) is 11.0 Å². The number of carbonyl (C=O) groups is 2. The quantitative estimate of drug-likeness (QED) is 0.470. The van der Waals surface area contributed by atoms with Crippen molar-refractivity contribution in [1.29, 1.82) is 0 Å². The van der Waals surface area contributed by atoms with Crippen LogP contribution in [0.1, 0.15) is 0 Å². The summed E-state index contributed by atoms with van der Waals surface area (Å²) in [5.74, 6) is 0.502. The third kappa shape index (κ3) is 2.66. The van der Waals surface area contributed by atoms with Crippen molar-refractivity contribution in [2.24, 2.45) is 0 Å². The summed E-state index contributed by atoms with van der Waals surface area (Å²) in [5, 5.41) is 2.77. The summed E-state index contributed by atoms with van der Waals surface area (Å²) in [6.45, 7) is 0.278. The van der Waals surface area contributed by atoms with Crippen molar-refractivity contribution in [3.05, 3.63) is 11.9 Å². The van der Waals surface area contributed by atoms with Crippen LogP contribution in [0.15, 0.2) is 11.9 Å². The van der Waals surface area contributed by atoms with Crippen LogP contribution in [0.5, 0.6) is 0 Å². The van der Waals surface area contributed by atoms with Gasteiger partial charge in [0.25, 0.3) is 0 Å². The maximum absolute atomic E-state index is 11.0. The van der Waals surface area contributed by atoms with Crippen molar-refractivity contribution in [1.82, 2.24) is 21.1 Å². The molecule has 0 aliphatic carbocycles. The minimum absolute atomic E-state index is 0.0124. The summed E-state index contributed by atoms with van der Waals surface area (Å²) in [6.07, 6.45) is 1.40. The lowest BCUT2D eigenvalue weighted by atomic mass is 10.4. The molecule has 0 radical (unpaired) electrons. The first-order valence-corrected chi connectivity index (χ1v) is 3.81. The van der Waals surface area contributed by atoms with Crippen LogP contribution in [0, 0.1) is 0 Å². The van der Waals surface area contributed by atoms with Gasteiger partial charge in [0, 0.05) is 20.2 Å². The van der Waals surface area contributed by atoms with Crippen LogP contribution in [0.25, 0.3) is 0 Å². The van der Waals surface area contributed by atoms with E-state index in [-0.39, 0.29) is 18.4 Å². The Hall–Kier alpha value is -1.72. The zero-order valence-corrected chi connectivity index (χ0v) is 7.55. The molecule has 3 N–H and O–H groups in total. The highest BCUT2D eigenvalue weighted by Crippen LogP contribution is 1.91. The Bertz CT molecular complexity index is 259. The average Bonchev–Trinajstić information content (AvgIpc) is 2.47. The molecule has 2 amide bonds. The second kappa shape index (κ2) is 3.79. The highest BCUT2D eigenvalue weighted by Gasteiger charge is 2.11. The van der Waals surface area contributed by atoms with E-state index >= 15 is 0 Å². The van der Waals surface area contributed by atoms with Gasteiger partial charge in [-0.15, -0.1) is 0 Å². The Kier molecular flexibility index (Phi) is 2.73. The van der Waals surface area contributed by atoms with Gasteiger partial charge in [-0.2, -0.15) is 0 Å². The normalized spacial score (nSPS) is 14.6. The van der Waals surface area contributed by atoms with E-state index in [0.29, 0.717) is 5.82 Å². The summed E-state index contributed by atoms with van der Waals surface area (Å²) < 4.78 is 0. The molecule has 0 saturated heterocycles. The van der Waals surface area contributed by atoms with Gasteiger partial charge in [-0.05, 0) is 0 Å². The Morgan fingerprint density at radius 1 is 1.62 bits per heavy atom. The number of hydrogen-bond acceptors (Lipinski definition) is 4. The van der Waals surface area contributed by atoms with E-state index in [2.05, 4.69) is 16.2 Å². The van der Waals surface area contributed by atoms with Crippen LogP contribution in [0.3, 0.4) is 0 Å². The number of nitrogens with zero attached hydrogens (tertiary/aromatic N) is 1. The van der Waals surface area contributed by atoms with Crippen molar-refractivity contribution in [3.8, 4) is 0 Å². The second-order valence-electron chi connectivity index (χ2n) is 2.83. The summed E-state index contributed by atoms with van der Waals surface area (Å²) in [5.41, 5.74) is 4.98. The van der Waals surface area contributed by atoms with Gasteiger partial charge in [0.05, 0.1) is 6.54 Å². The molecule has 13 heavy (non-hydrogen) atoms. The first kappa shape index (κ1) is 9.37. The standard InChI is InChI=1S/C7H12N4O2/c1-11(2)7(13)10-9-6-3-5(12)4-8-6/h3,8-9H,4H2,1-2H3,(H,10,13). The lowest BCUT2D eigenvalue weighted by Gasteiger charge is -2.13. The van der Waals surface area contributed by atoms with Gasteiger partial charge in [-0.1, -0.05) is 0 Å². The van der Waals surface area contributed by atoms with E-state index < -0.39 is 0 Å². The van der Waals surface area contributed by atoms with Crippen molar-refractivity contribution in [3.63, 3.8) is 0 Å². The van der Waals surface area contributed by atoms with Crippen LogP contribution >= 0.6 is 0 Å². The Labute approximate surface area is 75.9 Å². The lowest BCUT2D eigenvalue weighted by molar-refractivity contribution is -0.113. The molecule has 1 rings (SSSR count). The van der Waals surface area contributed by atoms with E-state index in [1.807, 2.05) is 0 Å². The molecular weight excluding hydrogens is 172 g/mol. The van der Waals surface area contributed by atoms with Crippen molar-refractivity contribution in [2.45, 2.75) is 0 Å². The number of hydrazine groups is 1. The molecule has 0 aromatic carbocycles. The zero-order chi connectivity index (χ0) is 9.84. The van der Waals surface area contributed by atoms with Gasteiger partial charge in [0.1, 0.15) is 5.82 Å². The number of nitrogens with one attached hydrogen (secondary N) is 3. The molecule has 0 aromatic heterocycles. The molecule has 0 atom stereocenters. The van der Waals surface area contributed by atoms with Crippen LogP contribution in [-0.4, -0.2) is 37.4 Å². The van der Waals surface area contributed by atoms with Gasteiger partial charge in [0.2, 0.25) is 0 Å². The molecule has 6 nitrogen and oxygen atoms in total. The maximum Gasteiger partial charge on any atom is 0.335 e. The Morgan fingerprint density at radius 2 is 2.31 bits per heavy atom. The predicted molar refractivity (Wildman–Crippen MR) is 46.4 cm³/mol. The molecule has 1 aliphatic rings. The van der Waals surface area contributed by atoms with Crippen LogP contribution in [0.4, 0.5) is 4.79 Å². The molecule has 0 bridgehead atoms. The van der Waals surface area contributed by atoms with Gasteiger partial charge >= 0.3 is 6.03 Å². The summed E-state index contributed by atoms with van der Waals surface area (Å²) in [6, 6.07) is -0.276. The smallest absolute Gasteiger partial charge is 0.335 e. The number of urea groups is 1. The third-order valence-electron chi connectivity index (χ3n) is 1.47. The van der Waals surface area contributed by atoms with Crippen molar-refractivity contribution < 1.29 is 9.59 Å². The molecule has 0 fully saturated rings. The molecule has 72 valence electrons. The molecule has 0 aromatic rings. The van der Waals surface area contributed by atoms with Crippen LogP contribution in [-0.2, 0) is 4.79 Å². The number of carbonyl (C=O) groups excluding carboxylic acids is 2. The molecule has 1 aliphatic heterocycles. The van der Waals surface area contributed by atoms with Gasteiger partial charge in [-0.25, -0.2) is 4.79 Å². The molecular formula is C7H12N4O2. The SMILES string of the molecule is CN(C)C(=O)NNC1=CC(=O)CN1. The highest BCUT2D eigenvalue weighted by molar-refractivity contribution is 5.94. The fourth-order valence-electron chi connectivity index (χ4n) is 0.758. The van der Waals surface area contributed by atoms with Gasteiger partial charge in [0.15, 0.2) is 5.78 Å². The first-order valence-electron chi connectivity index (χ1n) is 3.81. The fraction of sp³-hybridized carbons (Fsp3) is 0.429. The Morgan fingerprint density at radius 3 is 2.77 bits per heavy atom. The second-order valence-corrected chi connectivity index (χ2v) is 2.83. The minimum atomic E-state index is -0.276. The minimum Gasteiger partial charge on any atom is -0.363 e. The Balaban J connectivity index is 2.31. The third-order valence-corrected chi connectivity index (χ3v) is 1.47. The maximum atomic E-state index is 11.0. The summed E-state index contributed by atoms with van der Waals surface area (Å²) >= 11 is 0. The van der Waals surface area contributed by atoms with Crippen LogP contribution in [0.2, 0.25) is 0 Å². The monoisotopic (exact) mass is 184 g/mol. The number of hydrogen-bond donors (Lipinski definition) is 3. The van der Waals surface area contributed by atoms with E-state index in [0.717, 1.165) is 0 Å². The number of rotatable bonds is 2. The average molecular weight is 184 g/mol. The predicted octanol–water partition coefficient (Wildman–Crippen LogP) is -1.22. The lowest BCUT2D eigenvalue weighted by Crippen LogP contribution is -2.44. The first-order chi connectivity index (χ1) is 6.09. The molecule has 0 unspecified atom stereocenters. The van der Waals surface area contributed by atoms with Crippen molar-refractivity contribution >= 4 is 11.8 Å². The fourth-order valence-corrected chi connectivity index (χ4v) is 0.758. The molecule has 6 heteroatoms. The topological polar surface area (TPSA) is 73.5 Å². The largest absolute Gasteiger partial charge is 0.363 e. The number of ketones is 1. The van der Waals surface area contributed by atoms with Gasteiger partial charge < -0.3 is 10.2 Å². The zero-order valence-electron chi connectivity index (χ0n) is 7.55. The van der Waals surface area contributed by atoms with E-state index in [1.54, 1.807) is 14.1 Å². The highest BCUT2D eigenvalue weighted by atomic mass is 16.2. The van der Waals surface area contributed by atoms with Gasteiger partial charge in [-0.3, -0.25) is 15.6 Å². The van der Waals surface area contributed by atoms with Crippen LogP contribution < -0.4 is 16.2 Å².